The highest BCUT2D eigenvalue weighted by molar-refractivity contribution is 5.87. The first kappa shape index (κ1) is 13.5. The molecule has 0 radical (unpaired) electrons. The van der Waals surface area contributed by atoms with Gasteiger partial charge in [0.05, 0.1) is 44.0 Å². The van der Waals surface area contributed by atoms with Gasteiger partial charge in [0.1, 0.15) is 0 Å². The summed E-state index contributed by atoms with van der Waals surface area (Å²) in [4.78, 5) is 11.0. The van der Waals surface area contributed by atoms with Crippen molar-refractivity contribution < 1.29 is 14.6 Å². The Balaban J connectivity index is 2.20. The maximum atomic E-state index is 11.0. The highest BCUT2D eigenvalue weighted by Gasteiger charge is 2.11. The van der Waals surface area contributed by atoms with E-state index >= 15 is 0 Å². The smallest absolute Gasteiger partial charge is 0.223 e. The second kappa shape index (κ2) is 6.31. The lowest BCUT2D eigenvalue weighted by Gasteiger charge is -2.04. The number of rotatable bonds is 7. The minimum Gasteiger partial charge on any atom is -0.394 e. The van der Waals surface area contributed by atoms with Gasteiger partial charge < -0.3 is 15.6 Å². The second-order valence-corrected chi connectivity index (χ2v) is 4.17. The van der Waals surface area contributed by atoms with Gasteiger partial charge in [0, 0.05) is 5.39 Å². The molecule has 2 rings (SSSR count). The normalized spacial score (nSPS) is 11.0. The summed E-state index contributed by atoms with van der Waals surface area (Å²) in [5, 5.41) is 14.0. The van der Waals surface area contributed by atoms with Crippen molar-refractivity contribution >= 4 is 16.8 Å². The van der Waals surface area contributed by atoms with E-state index in [1.165, 1.54) is 0 Å². The molecular weight excluding hydrogens is 246 g/mol. The molecule has 1 aromatic heterocycles. The topological polar surface area (TPSA) is 90.4 Å². The Kier molecular flexibility index (Phi) is 4.48. The number of aromatic nitrogens is 2. The fraction of sp³-hybridized carbons (Fsp3) is 0.385. The number of hydrogen-bond acceptors (Lipinski definition) is 4. The lowest BCUT2D eigenvalue weighted by molar-refractivity contribution is -0.117. The van der Waals surface area contributed by atoms with Crippen LogP contribution in [0.2, 0.25) is 0 Å². The summed E-state index contributed by atoms with van der Waals surface area (Å²) >= 11 is 0. The lowest BCUT2D eigenvalue weighted by Crippen LogP contribution is -2.15. The van der Waals surface area contributed by atoms with Crippen molar-refractivity contribution in [3.05, 3.63) is 30.0 Å². The van der Waals surface area contributed by atoms with E-state index in [0.29, 0.717) is 25.5 Å². The average molecular weight is 263 g/mol. The molecule has 0 aliphatic heterocycles. The Bertz CT molecular complexity index is 565. The van der Waals surface area contributed by atoms with E-state index in [2.05, 4.69) is 5.10 Å². The van der Waals surface area contributed by atoms with Crippen LogP contribution in [-0.4, -0.2) is 40.6 Å². The van der Waals surface area contributed by atoms with Crippen molar-refractivity contribution in [2.45, 2.75) is 13.0 Å². The number of carbonyl (C=O) groups is 1. The van der Waals surface area contributed by atoms with Gasteiger partial charge in [-0.25, -0.2) is 0 Å². The summed E-state index contributed by atoms with van der Waals surface area (Å²) in [5.74, 6) is -0.396. The number of nitrogens with zero attached hydrogens (tertiary/aromatic N) is 2. The summed E-state index contributed by atoms with van der Waals surface area (Å²) in [5.41, 5.74) is 6.86. The summed E-state index contributed by atoms with van der Waals surface area (Å²) in [6, 6.07) is 7.69. The van der Waals surface area contributed by atoms with Crippen molar-refractivity contribution in [3.8, 4) is 0 Å². The summed E-state index contributed by atoms with van der Waals surface area (Å²) < 4.78 is 7.02. The molecule has 3 N–H and O–H groups in total. The molecule has 102 valence electrons. The SMILES string of the molecule is NC(=O)Cc1nn(CCOCCO)c2ccccc12. The average Bonchev–Trinajstić information content (AvgIpc) is 2.73. The number of carbonyl (C=O) groups excluding carboxylic acids is 1. The summed E-state index contributed by atoms with van der Waals surface area (Å²) in [7, 11) is 0. The van der Waals surface area contributed by atoms with Crippen LogP contribution in [0, 0.1) is 0 Å². The largest absolute Gasteiger partial charge is 0.394 e. The third-order valence-electron chi connectivity index (χ3n) is 2.76. The Labute approximate surface area is 110 Å². The lowest BCUT2D eigenvalue weighted by atomic mass is 10.1. The van der Waals surface area contributed by atoms with Gasteiger partial charge in [0.15, 0.2) is 0 Å². The predicted octanol–water partition coefficient (Wildman–Crippen LogP) is 0.0730. The number of hydrogen-bond donors (Lipinski definition) is 2. The van der Waals surface area contributed by atoms with E-state index in [4.69, 9.17) is 15.6 Å². The van der Waals surface area contributed by atoms with Gasteiger partial charge in [0.2, 0.25) is 5.91 Å². The van der Waals surface area contributed by atoms with Crippen molar-refractivity contribution in [3.63, 3.8) is 0 Å². The minimum absolute atomic E-state index is 0.00673. The van der Waals surface area contributed by atoms with Crippen LogP contribution in [0.15, 0.2) is 24.3 Å². The quantitative estimate of drug-likeness (QED) is 0.692. The molecule has 0 saturated heterocycles. The maximum Gasteiger partial charge on any atom is 0.223 e. The number of nitrogens with two attached hydrogens (primary N) is 1. The number of aliphatic hydroxyl groups is 1. The molecule has 0 saturated carbocycles. The zero-order chi connectivity index (χ0) is 13.7. The first-order chi connectivity index (χ1) is 9.22. The monoisotopic (exact) mass is 263 g/mol. The molecule has 0 fully saturated rings. The van der Waals surface area contributed by atoms with Crippen LogP contribution in [0.3, 0.4) is 0 Å². The molecule has 1 amide bonds. The maximum absolute atomic E-state index is 11.0. The Morgan fingerprint density at radius 2 is 2.16 bits per heavy atom. The number of fused-ring (bicyclic) bond motifs is 1. The van der Waals surface area contributed by atoms with Gasteiger partial charge in [-0.15, -0.1) is 0 Å². The van der Waals surface area contributed by atoms with Gasteiger partial charge in [-0.3, -0.25) is 9.48 Å². The van der Waals surface area contributed by atoms with Crippen LogP contribution < -0.4 is 5.73 Å². The van der Waals surface area contributed by atoms with E-state index in [-0.39, 0.29) is 13.0 Å². The minimum atomic E-state index is -0.396. The zero-order valence-corrected chi connectivity index (χ0v) is 10.6. The van der Waals surface area contributed by atoms with Gasteiger partial charge in [0.25, 0.3) is 0 Å². The Morgan fingerprint density at radius 1 is 1.37 bits per heavy atom. The molecule has 0 atom stereocenters. The molecule has 0 aliphatic carbocycles. The molecular formula is C13H17N3O3. The van der Waals surface area contributed by atoms with Gasteiger partial charge >= 0.3 is 0 Å². The standard InChI is InChI=1S/C13H17N3O3/c14-13(18)9-11-10-3-1-2-4-12(10)16(15-11)5-7-19-8-6-17/h1-4,17H,5-9H2,(H2,14,18). The molecule has 0 bridgehead atoms. The molecule has 0 unspecified atom stereocenters. The van der Waals surface area contributed by atoms with E-state index in [1.54, 1.807) is 4.68 Å². The fourth-order valence-electron chi connectivity index (χ4n) is 1.98. The molecule has 1 heterocycles. The van der Waals surface area contributed by atoms with Crippen molar-refractivity contribution in [2.24, 2.45) is 5.73 Å². The number of primary amides is 1. The molecule has 0 aliphatic rings. The first-order valence-corrected chi connectivity index (χ1v) is 6.13. The van der Waals surface area contributed by atoms with Crippen molar-refractivity contribution in [2.75, 3.05) is 19.8 Å². The van der Waals surface area contributed by atoms with Crippen molar-refractivity contribution in [1.82, 2.24) is 9.78 Å². The van der Waals surface area contributed by atoms with E-state index in [9.17, 15) is 4.79 Å². The van der Waals surface area contributed by atoms with Gasteiger partial charge in [-0.1, -0.05) is 18.2 Å². The number of para-hydroxylation sites is 1. The number of amides is 1. The van der Waals surface area contributed by atoms with Gasteiger partial charge in [-0.05, 0) is 6.07 Å². The Hall–Kier alpha value is -1.92. The van der Waals surface area contributed by atoms with E-state index in [0.717, 1.165) is 10.9 Å². The van der Waals surface area contributed by atoms with E-state index < -0.39 is 5.91 Å². The number of ether oxygens (including phenoxy) is 1. The molecule has 19 heavy (non-hydrogen) atoms. The highest BCUT2D eigenvalue weighted by atomic mass is 16.5. The molecule has 0 spiro atoms. The summed E-state index contributed by atoms with van der Waals surface area (Å²) in [6.45, 7) is 1.35. The van der Waals surface area contributed by atoms with Crippen LogP contribution in [0.4, 0.5) is 0 Å². The van der Waals surface area contributed by atoms with Crippen LogP contribution in [0.5, 0.6) is 0 Å². The highest BCUT2D eigenvalue weighted by Crippen LogP contribution is 2.18. The third kappa shape index (κ3) is 3.30. The third-order valence-corrected chi connectivity index (χ3v) is 2.76. The van der Waals surface area contributed by atoms with E-state index in [1.807, 2.05) is 24.3 Å². The van der Waals surface area contributed by atoms with Crippen LogP contribution in [0.25, 0.3) is 10.9 Å². The van der Waals surface area contributed by atoms with Crippen molar-refractivity contribution in [1.29, 1.82) is 0 Å². The first-order valence-electron chi connectivity index (χ1n) is 6.13. The number of aliphatic hydroxyl groups excluding tert-OH is 1. The summed E-state index contributed by atoms with van der Waals surface area (Å²) in [6.07, 6.45) is 0.130. The van der Waals surface area contributed by atoms with Gasteiger partial charge in [-0.2, -0.15) is 5.10 Å². The zero-order valence-electron chi connectivity index (χ0n) is 10.6. The number of benzene rings is 1. The molecule has 1 aromatic carbocycles. The van der Waals surface area contributed by atoms with Crippen LogP contribution in [0.1, 0.15) is 5.69 Å². The van der Waals surface area contributed by atoms with Crippen LogP contribution >= 0.6 is 0 Å². The molecule has 6 heteroatoms. The second-order valence-electron chi connectivity index (χ2n) is 4.17. The molecule has 6 nitrogen and oxygen atoms in total. The van der Waals surface area contributed by atoms with Crippen LogP contribution in [-0.2, 0) is 22.5 Å². The molecule has 2 aromatic rings. The fourth-order valence-corrected chi connectivity index (χ4v) is 1.98. The Morgan fingerprint density at radius 3 is 2.89 bits per heavy atom. The predicted molar refractivity (Wildman–Crippen MR) is 70.5 cm³/mol.